The predicted molar refractivity (Wildman–Crippen MR) is 109 cm³/mol. The summed E-state index contributed by atoms with van der Waals surface area (Å²) in [6, 6.07) is 0. The second kappa shape index (κ2) is 19.9. The molecule has 0 heterocycles. The van der Waals surface area contributed by atoms with Crippen molar-refractivity contribution in [1.82, 2.24) is 0 Å². The van der Waals surface area contributed by atoms with Gasteiger partial charge in [0.25, 0.3) is 0 Å². The first-order valence-corrected chi connectivity index (χ1v) is 9.29. The second-order valence-corrected chi connectivity index (χ2v) is 5.61. The molecule has 0 rings (SSSR count). The Kier molecular flexibility index (Phi) is 18.2. The van der Waals surface area contributed by atoms with Crippen LogP contribution >= 0.6 is 0 Å². The summed E-state index contributed by atoms with van der Waals surface area (Å²) in [6.07, 6.45) is 33.3. The van der Waals surface area contributed by atoms with Crippen LogP contribution in [0.3, 0.4) is 0 Å². The fraction of sp³-hybridized carbons (Fsp3) is 0.455. The molecule has 0 atom stereocenters. The highest BCUT2D eigenvalue weighted by atomic mass is 16.6. The SMILES string of the molecule is CCC=CCC=CCC=CCC=CCC=CCC=CCCC[N+](=O)[O-]. The van der Waals surface area contributed by atoms with E-state index in [-0.39, 0.29) is 11.5 Å². The Morgan fingerprint density at radius 1 is 0.640 bits per heavy atom. The molecule has 3 nitrogen and oxygen atoms in total. The Morgan fingerprint density at radius 2 is 1.00 bits per heavy atom. The van der Waals surface area contributed by atoms with Crippen LogP contribution in [0.25, 0.3) is 0 Å². The molecular formula is C22H33NO2. The zero-order chi connectivity index (χ0) is 18.4. The summed E-state index contributed by atoms with van der Waals surface area (Å²) in [5.74, 6) is 0. The van der Waals surface area contributed by atoms with Crippen molar-refractivity contribution in [3.63, 3.8) is 0 Å². The average Bonchev–Trinajstić information content (AvgIpc) is 2.60. The van der Waals surface area contributed by atoms with Crippen LogP contribution in [0.2, 0.25) is 0 Å². The van der Waals surface area contributed by atoms with E-state index in [1.807, 2.05) is 6.08 Å². The lowest BCUT2D eigenvalue weighted by Gasteiger charge is -1.89. The van der Waals surface area contributed by atoms with Crippen LogP contribution in [-0.4, -0.2) is 11.5 Å². The highest BCUT2D eigenvalue weighted by Gasteiger charge is 1.92. The van der Waals surface area contributed by atoms with Crippen molar-refractivity contribution >= 4 is 0 Å². The maximum Gasteiger partial charge on any atom is 0.204 e. The zero-order valence-electron chi connectivity index (χ0n) is 15.6. The van der Waals surface area contributed by atoms with E-state index in [0.29, 0.717) is 6.42 Å². The molecule has 0 aromatic carbocycles. The Bertz CT molecular complexity index is 482. The molecule has 0 spiro atoms. The van der Waals surface area contributed by atoms with Gasteiger partial charge in [-0.1, -0.05) is 79.8 Å². The highest BCUT2D eigenvalue weighted by Crippen LogP contribution is 1.97. The molecule has 0 aliphatic rings. The number of hydrogen-bond acceptors (Lipinski definition) is 2. The lowest BCUT2D eigenvalue weighted by molar-refractivity contribution is -0.480. The van der Waals surface area contributed by atoms with Crippen LogP contribution in [0.1, 0.15) is 58.3 Å². The minimum absolute atomic E-state index is 0.0615. The van der Waals surface area contributed by atoms with Crippen molar-refractivity contribution in [2.75, 3.05) is 6.54 Å². The standard InChI is InChI=1S/C22H33NO2/c1-2-3-4-5-6-7-8-9-10-11-12-13-14-15-16-17-18-19-20-21-22-23(24)25/h3-4,6-7,9-10,12-13,15-16,18-19H,2,5,8,11,14,17,20-22H2,1H3. The van der Waals surface area contributed by atoms with Gasteiger partial charge in [0.15, 0.2) is 0 Å². The number of nitro groups is 1. The number of nitrogens with zero attached hydrogens (tertiary/aromatic N) is 1. The first-order valence-electron chi connectivity index (χ1n) is 9.29. The van der Waals surface area contributed by atoms with E-state index in [1.54, 1.807) is 0 Å². The van der Waals surface area contributed by atoms with Crippen molar-refractivity contribution in [3.8, 4) is 0 Å². The maximum absolute atomic E-state index is 10.1. The molecular weight excluding hydrogens is 310 g/mol. The molecule has 0 aliphatic carbocycles. The summed E-state index contributed by atoms with van der Waals surface area (Å²) in [4.78, 5) is 9.88. The number of hydrogen-bond donors (Lipinski definition) is 0. The van der Waals surface area contributed by atoms with Gasteiger partial charge in [-0.25, -0.2) is 0 Å². The molecule has 25 heavy (non-hydrogen) atoms. The molecule has 0 N–H and O–H groups in total. The smallest absolute Gasteiger partial charge is 0.204 e. The molecule has 0 fully saturated rings. The third-order valence-corrected chi connectivity index (χ3v) is 3.31. The van der Waals surface area contributed by atoms with Crippen LogP contribution in [-0.2, 0) is 0 Å². The van der Waals surface area contributed by atoms with E-state index in [9.17, 15) is 10.1 Å². The number of allylic oxidation sites excluding steroid dienone is 12. The Balaban J connectivity index is 3.50. The summed E-state index contributed by atoms with van der Waals surface area (Å²) in [5.41, 5.74) is 0. The van der Waals surface area contributed by atoms with Gasteiger partial charge >= 0.3 is 0 Å². The van der Waals surface area contributed by atoms with E-state index >= 15 is 0 Å². The quantitative estimate of drug-likeness (QED) is 0.143. The monoisotopic (exact) mass is 343 g/mol. The maximum atomic E-state index is 10.1. The number of rotatable bonds is 15. The molecule has 3 heteroatoms. The van der Waals surface area contributed by atoms with Crippen molar-refractivity contribution in [1.29, 1.82) is 0 Å². The van der Waals surface area contributed by atoms with Gasteiger partial charge in [-0.3, -0.25) is 10.1 Å². The largest absolute Gasteiger partial charge is 0.265 e. The first kappa shape index (κ1) is 22.8. The molecule has 0 aromatic heterocycles. The highest BCUT2D eigenvalue weighted by molar-refractivity contribution is 5.01. The third kappa shape index (κ3) is 21.8. The van der Waals surface area contributed by atoms with E-state index < -0.39 is 0 Å². The average molecular weight is 344 g/mol. The Hall–Kier alpha value is -2.16. The normalized spacial score (nSPS) is 13.0. The van der Waals surface area contributed by atoms with E-state index in [0.717, 1.165) is 44.9 Å². The van der Waals surface area contributed by atoms with Crippen molar-refractivity contribution in [2.45, 2.75) is 58.3 Å². The van der Waals surface area contributed by atoms with Crippen molar-refractivity contribution < 1.29 is 4.92 Å². The summed E-state index contributed by atoms with van der Waals surface area (Å²) in [7, 11) is 0. The van der Waals surface area contributed by atoms with Crippen LogP contribution < -0.4 is 0 Å². The molecule has 0 aromatic rings. The van der Waals surface area contributed by atoms with Crippen LogP contribution in [0.5, 0.6) is 0 Å². The minimum Gasteiger partial charge on any atom is -0.265 e. The van der Waals surface area contributed by atoms with Gasteiger partial charge in [-0.2, -0.15) is 0 Å². The van der Waals surface area contributed by atoms with E-state index in [2.05, 4.69) is 73.8 Å². The van der Waals surface area contributed by atoms with Crippen LogP contribution in [0.4, 0.5) is 0 Å². The van der Waals surface area contributed by atoms with E-state index in [4.69, 9.17) is 0 Å². The van der Waals surface area contributed by atoms with E-state index in [1.165, 1.54) is 0 Å². The van der Waals surface area contributed by atoms with Gasteiger partial charge in [0.05, 0.1) is 0 Å². The molecule has 0 amide bonds. The topological polar surface area (TPSA) is 43.1 Å². The summed E-state index contributed by atoms with van der Waals surface area (Å²) >= 11 is 0. The minimum atomic E-state index is -0.266. The fourth-order valence-corrected chi connectivity index (χ4v) is 1.98. The molecule has 0 saturated carbocycles. The van der Waals surface area contributed by atoms with Crippen LogP contribution in [0.15, 0.2) is 72.9 Å². The Morgan fingerprint density at radius 3 is 1.36 bits per heavy atom. The summed E-state index contributed by atoms with van der Waals surface area (Å²) in [6.45, 7) is 2.21. The third-order valence-electron chi connectivity index (χ3n) is 3.31. The lowest BCUT2D eigenvalue weighted by atomic mass is 10.2. The fourth-order valence-electron chi connectivity index (χ4n) is 1.98. The molecule has 138 valence electrons. The van der Waals surface area contributed by atoms with Gasteiger partial charge in [0.1, 0.15) is 0 Å². The van der Waals surface area contributed by atoms with Gasteiger partial charge in [0.2, 0.25) is 6.54 Å². The van der Waals surface area contributed by atoms with Gasteiger partial charge in [0, 0.05) is 11.3 Å². The summed E-state index contributed by atoms with van der Waals surface area (Å²) in [5, 5.41) is 10.1. The molecule has 0 bridgehead atoms. The van der Waals surface area contributed by atoms with Gasteiger partial charge in [-0.05, 0) is 44.9 Å². The second-order valence-electron chi connectivity index (χ2n) is 5.61. The number of unbranched alkanes of at least 4 members (excludes halogenated alkanes) is 1. The van der Waals surface area contributed by atoms with Crippen molar-refractivity contribution in [3.05, 3.63) is 83.0 Å². The molecule has 0 radical (unpaired) electrons. The molecule has 0 aliphatic heterocycles. The van der Waals surface area contributed by atoms with Gasteiger partial charge in [-0.15, -0.1) is 0 Å². The Labute approximate surface area is 153 Å². The lowest BCUT2D eigenvalue weighted by Crippen LogP contribution is -1.98. The van der Waals surface area contributed by atoms with Crippen LogP contribution in [0, 0.1) is 10.1 Å². The molecule has 0 saturated heterocycles. The van der Waals surface area contributed by atoms with Gasteiger partial charge < -0.3 is 0 Å². The first-order chi connectivity index (χ1) is 12.3. The summed E-state index contributed by atoms with van der Waals surface area (Å²) < 4.78 is 0. The zero-order valence-corrected chi connectivity index (χ0v) is 15.6. The predicted octanol–water partition coefficient (Wildman–Crippen LogP) is 6.74. The van der Waals surface area contributed by atoms with Crippen molar-refractivity contribution in [2.24, 2.45) is 0 Å². The molecule has 0 unspecified atom stereocenters.